The van der Waals surface area contributed by atoms with Crippen LogP contribution in [0.4, 0.5) is 10.1 Å². The van der Waals surface area contributed by atoms with Crippen LogP contribution in [0.25, 0.3) is 0 Å². The Hall–Kier alpha value is -2.94. The highest BCUT2D eigenvalue weighted by atomic mass is 32.2. The molecule has 0 aliphatic rings. The Kier molecular flexibility index (Phi) is 9.21. The molecule has 9 heteroatoms. The van der Waals surface area contributed by atoms with Crippen LogP contribution in [0.1, 0.15) is 43.9 Å². The van der Waals surface area contributed by atoms with Gasteiger partial charge in [0.1, 0.15) is 18.4 Å². The van der Waals surface area contributed by atoms with Gasteiger partial charge >= 0.3 is 0 Å². The lowest BCUT2D eigenvalue weighted by atomic mass is 10.1. The average molecular weight is 492 g/mol. The Bertz CT molecular complexity index is 1100. The maximum Gasteiger partial charge on any atom is 0.244 e. The molecule has 0 bridgehead atoms. The summed E-state index contributed by atoms with van der Waals surface area (Å²) in [6, 6.07) is 10.1. The minimum Gasteiger partial charge on any atom is -0.352 e. The summed E-state index contributed by atoms with van der Waals surface area (Å²) in [5.74, 6) is -1.30. The molecule has 0 unspecified atom stereocenters. The van der Waals surface area contributed by atoms with Crippen LogP contribution in [-0.4, -0.2) is 50.0 Å². The van der Waals surface area contributed by atoms with Crippen LogP contribution in [0, 0.1) is 19.7 Å². The predicted octanol–water partition coefficient (Wildman–Crippen LogP) is 3.54. The van der Waals surface area contributed by atoms with Gasteiger partial charge in [0.25, 0.3) is 0 Å². The molecule has 2 amide bonds. The first-order valence-electron chi connectivity index (χ1n) is 11.2. The first kappa shape index (κ1) is 27.3. The van der Waals surface area contributed by atoms with E-state index in [9.17, 15) is 22.4 Å². The first-order valence-corrected chi connectivity index (χ1v) is 13.1. The molecule has 0 spiro atoms. The van der Waals surface area contributed by atoms with Gasteiger partial charge in [0.2, 0.25) is 21.8 Å². The van der Waals surface area contributed by atoms with Gasteiger partial charge in [-0.05, 0) is 62.9 Å². The third-order valence-electron chi connectivity index (χ3n) is 5.80. The molecule has 2 atom stereocenters. The molecule has 0 aliphatic heterocycles. The largest absolute Gasteiger partial charge is 0.352 e. The zero-order valence-corrected chi connectivity index (χ0v) is 21.4. The minimum atomic E-state index is -3.80. The molecule has 2 aromatic carbocycles. The Morgan fingerprint density at radius 1 is 1.03 bits per heavy atom. The maximum atomic E-state index is 13.5. The van der Waals surface area contributed by atoms with E-state index in [1.54, 1.807) is 32.9 Å². The Morgan fingerprint density at radius 3 is 2.09 bits per heavy atom. The van der Waals surface area contributed by atoms with Gasteiger partial charge in [-0.15, -0.1) is 0 Å². The highest BCUT2D eigenvalue weighted by Gasteiger charge is 2.31. The summed E-state index contributed by atoms with van der Waals surface area (Å²) in [6.07, 6.45) is 1.77. The summed E-state index contributed by atoms with van der Waals surface area (Å²) in [5, 5.41) is 2.87. The normalized spacial score (nSPS) is 13.1. The molecule has 0 fully saturated rings. The lowest BCUT2D eigenvalue weighted by Gasteiger charge is -2.32. The number of para-hydroxylation sites is 1. The summed E-state index contributed by atoms with van der Waals surface area (Å²) < 4.78 is 39.9. The van der Waals surface area contributed by atoms with E-state index in [4.69, 9.17) is 0 Å². The number of benzene rings is 2. The topological polar surface area (TPSA) is 86.8 Å². The maximum absolute atomic E-state index is 13.5. The summed E-state index contributed by atoms with van der Waals surface area (Å²) >= 11 is 0. The van der Waals surface area contributed by atoms with Crippen LogP contribution in [0.2, 0.25) is 0 Å². The highest BCUT2D eigenvalue weighted by Crippen LogP contribution is 2.27. The van der Waals surface area contributed by atoms with E-state index in [0.717, 1.165) is 17.0 Å². The van der Waals surface area contributed by atoms with Crippen molar-refractivity contribution in [3.05, 3.63) is 65.0 Å². The van der Waals surface area contributed by atoms with Crippen molar-refractivity contribution in [3.8, 4) is 0 Å². The van der Waals surface area contributed by atoms with Crippen molar-refractivity contribution in [3.63, 3.8) is 0 Å². The van der Waals surface area contributed by atoms with Gasteiger partial charge in [-0.1, -0.05) is 37.3 Å². The van der Waals surface area contributed by atoms with Gasteiger partial charge in [-0.3, -0.25) is 13.9 Å². The van der Waals surface area contributed by atoms with Crippen LogP contribution in [0.15, 0.2) is 42.5 Å². The molecule has 0 radical (unpaired) electrons. The van der Waals surface area contributed by atoms with Crippen molar-refractivity contribution < 1.29 is 22.4 Å². The molecule has 7 nitrogen and oxygen atoms in total. The smallest absolute Gasteiger partial charge is 0.244 e. The van der Waals surface area contributed by atoms with E-state index in [0.29, 0.717) is 22.4 Å². The van der Waals surface area contributed by atoms with Gasteiger partial charge in [0.15, 0.2) is 0 Å². The van der Waals surface area contributed by atoms with Gasteiger partial charge in [0, 0.05) is 12.6 Å². The van der Waals surface area contributed by atoms with E-state index in [1.807, 2.05) is 19.9 Å². The number of carbonyl (C=O) groups is 2. The molecular formula is C25H34FN3O4S. The molecule has 0 aliphatic carbocycles. The molecule has 186 valence electrons. The zero-order chi connectivity index (χ0) is 25.6. The number of aryl methyl sites for hydroxylation is 2. The third-order valence-corrected chi connectivity index (χ3v) is 6.91. The van der Waals surface area contributed by atoms with Gasteiger partial charge in [0.05, 0.1) is 11.9 Å². The van der Waals surface area contributed by atoms with E-state index in [1.165, 1.54) is 29.2 Å². The number of hydrogen-bond acceptors (Lipinski definition) is 4. The lowest BCUT2D eigenvalue weighted by Crippen LogP contribution is -2.52. The van der Waals surface area contributed by atoms with Gasteiger partial charge < -0.3 is 10.2 Å². The van der Waals surface area contributed by atoms with Crippen LogP contribution >= 0.6 is 0 Å². The monoisotopic (exact) mass is 491 g/mol. The number of sulfonamides is 1. The number of rotatable bonds is 10. The first-order chi connectivity index (χ1) is 15.8. The van der Waals surface area contributed by atoms with E-state index in [2.05, 4.69) is 5.32 Å². The molecule has 34 heavy (non-hydrogen) atoms. The standard InChI is InChI=1S/C25H34FN3O4S/c1-7-19(4)27-25(31)20(5)28(15-21-11-13-22(26)14-12-21)23(30)16-29(34(6,32)33)24-17(2)9-8-10-18(24)3/h8-14,19-20H,7,15-16H2,1-6H3,(H,27,31)/t19-,20+/m1/s1. The van der Waals surface area contributed by atoms with Crippen molar-refractivity contribution in [2.24, 2.45) is 0 Å². The summed E-state index contributed by atoms with van der Waals surface area (Å²) in [7, 11) is -3.80. The second-order valence-corrected chi connectivity index (χ2v) is 10.6. The number of nitrogens with one attached hydrogen (secondary N) is 1. The van der Waals surface area contributed by atoms with Crippen molar-refractivity contribution in [2.75, 3.05) is 17.1 Å². The van der Waals surface area contributed by atoms with Crippen molar-refractivity contribution in [1.29, 1.82) is 0 Å². The Balaban J connectivity index is 2.43. The predicted molar refractivity (Wildman–Crippen MR) is 132 cm³/mol. The quantitative estimate of drug-likeness (QED) is 0.551. The van der Waals surface area contributed by atoms with Crippen LogP contribution in [0.3, 0.4) is 0 Å². The van der Waals surface area contributed by atoms with Gasteiger partial charge in [-0.2, -0.15) is 0 Å². The molecule has 1 N–H and O–H groups in total. The fourth-order valence-electron chi connectivity index (χ4n) is 3.61. The summed E-state index contributed by atoms with van der Waals surface area (Å²) in [6.45, 7) is 8.52. The minimum absolute atomic E-state index is 0.0264. The second kappa shape index (κ2) is 11.5. The van der Waals surface area contributed by atoms with Crippen LogP contribution in [-0.2, 0) is 26.2 Å². The molecule has 2 rings (SSSR count). The fraction of sp³-hybridized carbons (Fsp3) is 0.440. The molecule has 0 saturated carbocycles. The van der Waals surface area contributed by atoms with E-state index in [-0.39, 0.29) is 18.5 Å². The van der Waals surface area contributed by atoms with Crippen molar-refractivity contribution in [1.82, 2.24) is 10.2 Å². The molecule has 0 saturated heterocycles. The Morgan fingerprint density at radius 2 is 1.59 bits per heavy atom. The lowest BCUT2D eigenvalue weighted by molar-refractivity contribution is -0.139. The SMILES string of the molecule is CC[C@@H](C)NC(=O)[C@H](C)N(Cc1ccc(F)cc1)C(=O)CN(c1c(C)cccc1C)S(C)(=O)=O. The van der Waals surface area contributed by atoms with Crippen molar-refractivity contribution >= 4 is 27.5 Å². The van der Waals surface area contributed by atoms with E-state index >= 15 is 0 Å². The molecule has 0 aromatic heterocycles. The summed E-state index contributed by atoms with van der Waals surface area (Å²) in [5.41, 5.74) is 2.49. The van der Waals surface area contributed by atoms with Crippen LogP contribution in [0.5, 0.6) is 0 Å². The highest BCUT2D eigenvalue weighted by molar-refractivity contribution is 7.92. The fourth-order valence-corrected chi connectivity index (χ4v) is 4.57. The molecule has 2 aromatic rings. The molecular weight excluding hydrogens is 457 g/mol. The molecule has 0 heterocycles. The zero-order valence-electron chi connectivity index (χ0n) is 20.6. The number of halogens is 1. The third kappa shape index (κ3) is 7.03. The number of carbonyl (C=O) groups excluding carboxylic acids is 2. The number of nitrogens with zero attached hydrogens (tertiary/aromatic N) is 2. The number of hydrogen-bond donors (Lipinski definition) is 1. The van der Waals surface area contributed by atoms with Crippen molar-refractivity contribution in [2.45, 2.75) is 59.7 Å². The summed E-state index contributed by atoms with van der Waals surface area (Å²) in [4.78, 5) is 27.7. The van der Waals surface area contributed by atoms with E-state index < -0.39 is 34.3 Å². The number of amides is 2. The van der Waals surface area contributed by atoms with Gasteiger partial charge in [-0.25, -0.2) is 12.8 Å². The Labute approximate surface area is 202 Å². The average Bonchev–Trinajstić information content (AvgIpc) is 2.76. The van der Waals surface area contributed by atoms with Crippen LogP contribution < -0.4 is 9.62 Å². The second-order valence-electron chi connectivity index (χ2n) is 8.65. The number of anilines is 1.